The van der Waals surface area contributed by atoms with E-state index in [-0.39, 0.29) is 6.61 Å². The van der Waals surface area contributed by atoms with Gasteiger partial charge in [-0.15, -0.1) is 11.3 Å². The highest BCUT2D eigenvalue weighted by atomic mass is 35.5. The number of rotatable bonds is 7. The summed E-state index contributed by atoms with van der Waals surface area (Å²) in [5.74, 6) is -0.229. The number of carbonyl (C=O) groups excluding carboxylic acids is 2. The summed E-state index contributed by atoms with van der Waals surface area (Å²) in [5.41, 5.74) is 2.98. The first-order valence-electron chi connectivity index (χ1n) is 8.27. The second-order valence-electron chi connectivity index (χ2n) is 5.60. The van der Waals surface area contributed by atoms with E-state index in [1.807, 2.05) is 0 Å². The van der Waals surface area contributed by atoms with Crippen LogP contribution in [0.3, 0.4) is 0 Å². The molecule has 0 fully saturated rings. The number of carbonyl (C=O) groups is 2. The number of esters is 1. The topological polar surface area (TPSA) is 77.0 Å². The van der Waals surface area contributed by atoms with Crippen molar-refractivity contribution in [3.05, 3.63) is 80.5 Å². The zero-order chi connectivity index (χ0) is 20.6. The molecule has 0 aliphatic rings. The molecule has 0 radical (unpaired) electrons. The summed E-state index contributed by atoms with van der Waals surface area (Å²) >= 11 is 13.1. The number of hydrogen-bond acceptors (Lipinski definition) is 6. The summed E-state index contributed by atoms with van der Waals surface area (Å²) in [4.78, 5) is 24.4. The number of hydrogen-bond donors (Lipinski definition) is 1. The molecule has 1 aromatic heterocycles. The van der Waals surface area contributed by atoms with Gasteiger partial charge in [0.1, 0.15) is 16.4 Å². The first kappa shape index (κ1) is 20.9. The molecule has 148 valence electrons. The number of benzene rings is 2. The van der Waals surface area contributed by atoms with Crippen LogP contribution in [0, 0.1) is 0 Å². The maximum absolute atomic E-state index is 12.0. The van der Waals surface area contributed by atoms with Crippen molar-refractivity contribution in [1.29, 1.82) is 0 Å². The van der Waals surface area contributed by atoms with Crippen molar-refractivity contribution in [3.63, 3.8) is 0 Å². The third-order valence-corrected chi connectivity index (χ3v) is 4.84. The van der Waals surface area contributed by atoms with E-state index < -0.39 is 11.9 Å². The number of amides is 1. The molecule has 3 aromatic rings. The van der Waals surface area contributed by atoms with Crippen LogP contribution in [0.15, 0.2) is 65.1 Å². The summed E-state index contributed by atoms with van der Waals surface area (Å²) in [6.07, 6.45) is 1.42. The van der Waals surface area contributed by atoms with Gasteiger partial charge in [0.05, 0.1) is 11.2 Å². The lowest BCUT2D eigenvalue weighted by atomic mass is 10.2. The number of nitrogens with zero attached hydrogens (tertiary/aromatic N) is 1. The number of ether oxygens (including phenoxy) is 2. The minimum atomic E-state index is -0.474. The molecular formula is C20H14Cl2N2O4S. The molecule has 0 saturated heterocycles. The molecule has 3 rings (SSSR count). The Balaban J connectivity index is 1.51. The van der Waals surface area contributed by atoms with Crippen LogP contribution in [0.25, 0.3) is 0 Å². The molecule has 1 heterocycles. The summed E-state index contributed by atoms with van der Waals surface area (Å²) in [7, 11) is 0. The van der Waals surface area contributed by atoms with Gasteiger partial charge in [0.25, 0.3) is 5.91 Å². The number of hydrazone groups is 1. The van der Waals surface area contributed by atoms with Crippen molar-refractivity contribution in [1.82, 2.24) is 5.43 Å². The summed E-state index contributed by atoms with van der Waals surface area (Å²) in [6, 6.07) is 14.9. The summed E-state index contributed by atoms with van der Waals surface area (Å²) < 4.78 is 10.6. The Labute approximate surface area is 180 Å². The molecule has 1 N–H and O–H groups in total. The van der Waals surface area contributed by atoms with E-state index in [1.54, 1.807) is 53.9 Å². The largest absolute Gasteiger partial charge is 0.482 e. The zero-order valence-corrected chi connectivity index (χ0v) is 17.1. The van der Waals surface area contributed by atoms with Crippen LogP contribution < -0.4 is 14.9 Å². The van der Waals surface area contributed by atoms with E-state index in [1.165, 1.54) is 23.6 Å². The molecule has 0 atom stereocenters. The van der Waals surface area contributed by atoms with Crippen LogP contribution in [0.2, 0.25) is 10.0 Å². The maximum Gasteiger partial charge on any atom is 0.353 e. The van der Waals surface area contributed by atoms with Gasteiger partial charge < -0.3 is 9.47 Å². The van der Waals surface area contributed by atoms with Gasteiger partial charge in [-0.1, -0.05) is 41.4 Å². The summed E-state index contributed by atoms with van der Waals surface area (Å²) in [6.45, 7) is -0.282. The average Bonchev–Trinajstić information content (AvgIpc) is 3.24. The quantitative estimate of drug-likeness (QED) is 0.243. The molecule has 0 unspecified atom stereocenters. The van der Waals surface area contributed by atoms with E-state index in [2.05, 4.69) is 10.5 Å². The highest BCUT2D eigenvalue weighted by molar-refractivity contribution is 7.12. The molecule has 2 aromatic carbocycles. The van der Waals surface area contributed by atoms with Crippen LogP contribution in [0.1, 0.15) is 15.2 Å². The minimum Gasteiger partial charge on any atom is -0.482 e. The van der Waals surface area contributed by atoms with Gasteiger partial charge in [-0.2, -0.15) is 5.10 Å². The lowest BCUT2D eigenvalue weighted by Crippen LogP contribution is -2.24. The van der Waals surface area contributed by atoms with E-state index >= 15 is 0 Å². The molecule has 0 spiro atoms. The Morgan fingerprint density at radius 1 is 1.10 bits per heavy atom. The molecule has 0 aliphatic carbocycles. The van der Waals surface area contributed by atoms with E-state index in [9.17, 15) is 9.59 Å². The molecule has 0 bridgehead atoms. The average molecular weight is 449 g/mol. The molecule has 0 aliphatic heterocycles. The fourth-order valence-electron chi connectivity index (χ4n) is 2.15. The first-order chi connectivity index (χ1) is 14.0. The van der Waals surface area contributed by atoms with Gasteiger partial charge in [-0.05, 0) is 41.3 Å². The van der Waals surface area contributed by atoms with Crippen LogP contribution in [0.5, 0.6) is 11.5 Å². The first-order valence-corrected chi connectivity index (χ1v) is 9.90. The molecule has 6 nitrogen and oxygen atoms in total. The minimum absolute atomic E-state index is 0.282. The van der Waals surface area contributed by atoms with E-state index in [4.69, 9.17) is 32.7 Å². The van der Waals surface area contributed by atoms with Gasteiger partial charge >= 0.3 is 5.97 Å². The fraction of sp³-hybridized carbons (Fsp3) is 0.0500. The Bertz CT molecular complexity index is 1040. The van der Waals surface area contributed by atoms with Gasteiger partial charge in [-0.25, -0.2) is 10.2 Å². The van der Waals surface area contributed by atoms with Crippen LogP contribution in [0.4, 0.5) is 0 Å². The van der Waals surface area contributed by atoms with Crippen LogP contribution >= 0.6 is 34.5 Å². The van der Waals surface area contributed by atoms with E-state index in [0.717, 1.165) is 0 Å². The molecular weight excluding hydrogens is 435 g/mol. The highest BCUT2D eigenvalue weighted by Crippen LogP contribution is 2.27. The SMILES string of the molecule is O=C(COc1cc(Cl)ccc1Cl)NN=Cc1cccc(OC(=O)c2cccs2)c1. The van der Waals surface area contributed by atoms with Crippen molar-refractivity contribution in [2.45, 2.75) is 0 Å². The third-order valence-electron chi connectivity index (χ3n) is 3.45. The Morgan fingerprint density at radius 3 is 2.76 bits per heavy atom. The number of nitrogens with one attached hydrogen (secondary N) is 1. The van der Waals surface area contributed by atoms with Gasteiger partial charge in [-0.3, -0.25) is 4.79 Å². The third kappa shape index (κ3) is 6.32. The summed E-state index contributed by atoms with van der Waals surface area (Å²) in [5, 5.41) is 6.45. The Hall–Kier alpha value is -2.87. The molecule has 9 heteroatoms. The predicted octanol–water partition coefficient (Wildman–Crippen LogP) is 4.80. The van der Waals surface area contributed by atoms with Crippen molar-refractivity contribution in [3.8, 4) is 11.5 Å². The Morgan fingerprint density at radius 2 is 1.97 bits per heavy atom. The fourth-order valence-corrected chi connectivity index (χ4v) is 3.09. The highest BCUT2D eigenvalue weighted by Gasteiger charge is 2.09. The van der Waals surface area contributed by atoms with Crippen LogP contribution in [-0.2, 0) is 4.79 Å². The normalized spacial score (nSPS) is 10.7. The van der Waals surface area contributed by atoms with Crippen molar-refractivity contribution in [2.24, 2.45) is 5.10 Å². The standard InChI is InChI=1S/C20H14Cl2N2O4S/c21-14-6-7-16(22)17(10-14)27-12-19(25)24-23-11-13-3-1-4-15(9-13)28-20(26)18-5-2-8-29-18/h1-11H,12H2,(H,24,25). The number of thiophene rings is 1. The lowest BCUT2D eigenvalue weighted by molar-refractivity contribution is -0.123. The van der Waals surface area contributed by atoms with Crippen molar-refractivity contribution >= 4 is 52.6 Å². The monoisotopic (exact) mass is 448 g/mol. The Kier molecular flexibility index (Phi) is 7.24. The zero-order valence-electron chi connectivity index (χ0n) is 14.8. The van der Waals surface area contributed by atoms with Crippen molar-refractivity contribution < 1.29 is 19.1 Å². The van der Waals surface area contributed by atoms with Gasteiger partial charge in [0, 0.05) is 11.1 Å². The molecule has 1 amide bonds. The molecule has 29 heavy (non-hydrogen) atoms. The van der Waals surface area contributed by atoms with Crippen molar-refractivity contribution in [2.75, 3.05) is 6.61 Å². The molecule has 0 saturated carbocycles. The maximum atomic E-state index is 12.0. The lowest BCUT2D eigenvalue weighted by Gasteiger charge is -2.07. The number of halogens is 2. The van der Waals surface area contributed by atoms with Gasteiger partial charge in [0.15, 0.2) is 6.61 Å². The smallest absolute Gasteiger partial charge is 0.353 e. The second-order valence-corrected chi connectivity index (χ2v) is 7.39. The van der Waals surface area contributed by atoms with E-state index in [0.29, 0.717) is 32.0 Å². The van der Waals surface area contributed by atoms with Gasteiger partial charge in [0.2, 0.25) is 0 Å². The van der Waals surface area contributed by atoms with Crippen LogP contribution in [-0.4, -0.2) is 24.7 Å². The predicted molar refractivity (Wildman–Crippen MR) is 113 cm³/mol. The second kappa shape index (κ2) is 10.1.